The number of hydrogen-bond acceptors (Lipinski definition) is 6. The number of benzene rings is 2. The fourth-order valence-electron chi connectivity index (χ4n) is 2.47. The van der Waals surface area contributed by atoms with Gasteiger partial charge in [0.1, 0.15) is 15.8 Å². The lowest BCUT2D eigenvalue weighted by Gasteiger charge is -2.12. The summed E-state index contributed by atoms with van der Waals surface area (Å²) in [4.78, 5) is 24.6. The highest BCUT2D eigenvalue weighted by atomic mass is 32.2. The fourth-order valence-corrected chi connectivity index (χ4v) is 3.51. The van der Waals surface area contributed by atoms with E-state index in [1.807, 2.05) is 25.1 Å². The number of ether oxygens (including phenoxy) is 2. The van der Waals surface area contributed by atoms with Crippen molar-refractivity contribution in [3.05, 3.63) is 59.0 Å². The van der Waals surface area contributed by atoms with Crippen LogP contribution in [-0.4, -0.2) is 29.3 Å². The van der Waals surface area contributed by atoms with Gasteiger partial charge >= 0.3 is 0 Å². The number of hydrogen-bond donors (Lipinski definition) is 2. The van der Waals surface area contributed by atoms with Crippen molar-refractivity contribution in [2.75, 3.05) is 18.5 Å². The number of nitrogens with one attached hydrogen (secondary N) is 2. The third-order valence-corrected chi connectivity index (χ3v) is 4.83. The maximum absolute atomic E-state index is 12.3. The second kappa shape index (κ2) is 9.38. The van der Waals surface area contributed by atoms with Crippen molar-refractivity contribution < 1.29 is 19.1 Å². The van der Waals surface area contributed by atoms with Crippen LogP contribution < -0.4 is 20.1 Å². The zero-order chi connectivity index (χ0) is 19.9. The Balaban J connectivity index is 1.67. The summed E-state index contributed by atoms with van der Waals surface area (Å²) in [5, 5.41) is 5.35. The molecule has 0 spiro atoms. The van der Waals surface area contributed by atoms with E-state index in [1.165, 1.54) is 11.8 Å². The van der Waals surface area contributed by atoms with Crippen molar-refractivity contribution in [2.45, 2.75) is 6.92 Å². The van der Waals surface area contributed by atoms with Crippen LogP contribution in [0.2, 0.25) is 0 Å². The largest absolute Gasteiger partial charge is 0.492 e. The number of rotatable bonds is 7. The molecule has 1 aliphatic rings. The lowest BCUT2D eigenvalue weighted by molar-refractivity contribution is -0.118. The van der Waals surface area contributed by atoms with Gasteiger partial charge in [-0.05, 0) is 31.2 Å². The standard InChI is InChI=1S/C20H18N2O4S2/c1-2-25-16-10-6-4-8-14(16)21-18(23)12-26-15-9-5-3-7-13(15)11-17-19(24)22-20(27)28-17/h3-11H,2,12H2,1H3,(H,21,23)(H,22,24,27)/b17-11-. The minimum atomic E-state index is -0.316. The van der Waals surface area contributed by atoms with Gasteiger partial charge in [0, 0.05) is 5.56 Å². The number of thiocarbonyl (C=S) groups is 1. The van der Waals surface area contributed by atoms with E-state index < -0.39 is 0 Å². The van der Waals surface area contributed by atoms with Gasteiger partial charge in [0.05, 0.1) is 17.2 Å². The first-order chi connectivity index (χ1) is 13.6. The molecular weight excluding hydrogens is 396 g/mol. The highest BCUT2D eigenvalue weighted by Crippen LogP contribution is 2.29. The first-order valence-corrected chi connectivity index (χ1v) is 9.77. The Morgan fingerprint density at radius 2 is 1.86 bits per heavy atom. The molecule has 0 aromatic heterocycles. The van der Waals surface area contributed by atoms with Gasteiger partial charge in [0.25, 0.3) is 11.8 Å². The summed E-state index contributed by atoms with van der Waals surface area (Å²) in [6.07, 6.45) is 1.69. The number of para-hydroxylation sites is 3. The molecule has 144 valence electrons. The van der Waals surface area contributed by atoms with Crippen molar-refractivity contribution in [2.24, 2.45) is 0 Å². The molecule has 1 aliphatic heterocycles. The molecule has 3 rings (SSSR count). The summed E-state index contributed by atoms with van der Waals surface area (Å²) in [6, 6.07) is 14.4. The molecule has 0 bridgehead atoms. The van der Waals surface area contributed by atoms with Gasteiger partial charge in [0.15, 0.2) is 6.61 Å². The van der Waals surface area contributed by atoms with Crippen LogP contribution in [0.1, 0.15) is 12.5 Å². The number of amides is 2. The highest BCUT2D eigenvalue weighted by molar-refractivity contribution is 8.26. The van der Waals surface area contributed by atoms with E-state index in [-0.39, 0.29) is 18.4 Å². The summed E-state index contributed by atoms with van der Waals surface area (Å²) in [6.45, 7) is 2.20. The number of carbonyl (C=O) groups is 2. The Labute approximate surface area is 172 Å². The van der Waals surface area contributed by atoms with E-state index in [2.05, 4.69) is 10.6 Å². The molecule has 28 heavy (non-hydrogen) atoms. The maximum Gasteiger partial charge on any atom is 0.263 e. The van der Waals surface area contributed by atoms with Gasteiger partial charge in [-0.15, -0.1) is 0 Å². The maximum atomic E-state index is 12.3. The van der Waals surface area contributed by atoms with Gasteiger partial charge in [-0.25, -0.2) is 0 Å². The SMILES string of the molecule is CCOc1ccccc1NC(=O)COc1ccccc1/C=C1\SC(=S)NC1=O. The summed E-state index contributed by atoms with van der Waals surface area (Å²) in [5.41, 5.74) is 1.27. The van der Waals surface area contributed by atoms with Gasteiger partial charge < -0.3 is 20.1 Å². The van der Waals surface area contributed by atoms with E-state index in [0.717, 1.165) is 0 Å². The molecule has 0 unspecified atom stereocenters. The zero-order valence-electron chi connectivity index (χ0n) is 15.1. The predicted molar refractivity (Wildman–Crippen MR) is 114 cm³/mol. The first-order valence-electron chi connectivity index (χ1n) is 8.55. The molecule has 2 aromatic carbocycles. The van der Waals surface area contributed by atoms with E-state index in [1.54, 1.807) is 36.4 Å². The smallest absolute Gasteiger partial charge is 0.263 e. The van der Waals surface area contributed by atoms with Gasteiger partial charge in [0.2, 0.25) is 0 Å². The Morgan fingerprint density at radius 3 is 2.57 bits per heavy atom. The third-order valence-electron chi connectivity index (χ3n) is 3.67. The Kier molecular flexibility index (Phi) is 6.67. The molecule has 1 saturated heterocycles. The number of anilines is 1. The number of thioether (sulfide) groups is 1. The highest BCUT2D eigenvalue weighted by Gasteiger charge is 2.22. The molecule has 6 nitrogen and oxygen atoms in total. The summed E-state index contributed by atoms with van der Waals surface area (Å²) < 4.78 is 11.6. The predicted octanol–water partition coefficient (Wildman–Crippen LogP) is 3.59. The van der Waals surface area contributed by atoms with Gasteiger partial charge in [-0.3, -0.25) is 9.59 Å². The van der Waals surface area contributed by atoms with Crippen LogP contribution in [0.5, 0.6) is 11.5 Å². The zero-order valence-corrected chi connectivity index (χ0v) is 16.7. The molecule has 1 heterocycles. The minimum absolute atomic E-state index is 0.182. The van der Waals surface area contributed by atoms with Crippen molar-refractivity contribution in [3.8, 4) is 11.5 Å². The van der Waals surface area contributed by atoms with Crippen LogP contribution in [0.3, 0.4) is 0 Å². The van der Waals surface area contributed by atoms with E-state index >= 15 is 0 Å². The molecule has 1 fully saturated rings. The van der Waals surface area contributed by atoms with E-state index in [9.17, 15) is 9.59 Å². The molecule has 0 radical (unpaired) electrons. The van der Waals surface area contributed by atoms with Crippen LogP contribution in [0, 0.1) is 0 Å². The van der Waals surface area contributed by atoms with Crippen LogP contribution in [-0.2, 0) is 9.59 Å². The van der Waals surface area contributed by atoms with Crippen LogP contribution in [0.25, 0.3) is 6.08 Å². The Bertz CT molecular complexity index is 943. The van der Waals surface area contributed by atoms with Crippen LogP contribution in [0.4, 0.5) is 5.69 Å². The fraction of sp³-hybridized carbons (Fsp3) is 0.150. The van der Waals surface area contributed by atoms with Gasteiger partial charge in [-0.2, -0.15) is 0 Å². The summed E-state index contributed by atoms with van der Waals surface area (Å²) in [5.74, 6) is 0.539. The molecule has 0 aliphatic carbocycles. The lowest BCUT2D eigenvalue weighted by Crippen LogP contribution is -2.21. The number of carbonyl (C=O) groups excluding carboxylic acids is 2. The quantitative estimate of drug-likeness (QED) is 0.533. The second-order valence-electron chi connectivity index (χ2n) is 5.66. The monoisotopic (exact) mass is 414 g/mol. The molecule has 0 atom stereocenters. The average Bonchev–Trinajstić information content (AvgIpc) is 3.00. The Hall–Kier alpha value is -2.84. The van der Waals surface area contributed by atoms with E-state index in [0.29, 0.717) is 38.6 Å². The van der Waals surface area contributed by atoms with Crippen molar-refractivity contribution >= 4 is 51.9 Å². The van der Waals surface area contributed by atoms with Crippen molar-refractivity contribution in [3.63, 3.8) is 0 Å². The molecule has 2 amide bonds. The Morgan fingerprint density at radius 1 is 1.14 bits per heavy atom. The van der Waals surface area contributed by atoms with Crippen LogP contribution >= 0.6 is 24.0 Å². The van der Waals surface area contributed by atoms with E-state index in [4.69, 9.17) is 21.7 Å². The molecule has 0 saturated carbocycles. The molecular formula is C20H18N2O4S2. The molecule has 8 heteroatoms. The lowest BCUT2D eigenvalue weighted by atomic mass is 10.2. The summed E-state index contributed by atoms with van der Waals surface area (Å²) >= 11 is 6.19. The van der Waals surface area contributed by atoms with Gasteiger partial charge in [-0.1, -0.05) is 54.3 Å². The minimum Gasteiger partial charge on any atom is -0.492 e. The first kappa shape index (κ1) is 19.9. The molecule has 2 N–H and O–H groups in total. The van der Waals surface area contributed by atoms with Crippen molar-refractivity contribution in [1.29, 1.82) is 0 Å². The summed E-state index contributed by atoms with van der Waals surface area (Å²) in [7, 11) is 0. The molecule has 2 aromatic rings. The topological polar surface area (TPSA) is 76.7 Å². The average molecular weight is 415 g/mol. The van der Waals surface area contributed by atoms with Crippen LogP contribution in [0.15, 0.2) is 53.4 Å². The second-order valence-corrected chi connectivity index (χ2v) is 7.37. The normalized spacial score (nSPS) is 14.7. The van der Waals surface area contributed by atoms with Crippen molar-refractivity contribution in [1.82, 2.24) is 5.32 Å². The third kappa shape index (κ3) is 5.11.